The molecular formula is C20H30O2. The number of carboxylic acid groups (broad SMARTS) is 1. The Morgan fingerprint density at radius 1 is 1.41 bits per heavy atom. The average Bonchev–Trinajstić information content (AvgIpc) is 2.43. The second kappa shape index (κ2) is 6.06. The highest BCUT2D eigenvalue weighted by Gasteiger charge is 2.53. The molecule has 2 nitrogen and oxygen atoms in total. The highest BCUT2D eigenvalue weighted by molar-refractivity contribution is 5.87. The van der Waals surface area contributed by atoms with Crippen LogP contribution in [0.5, 0.6) is 0 Å². The molecule has 122 valence electrons. The van der Waals surface area contributed by atoms with Gasteiger partial charge >= 0.3 is 5.97 Å². The van der Waals surface area contributed by atoms with Crippen LogP contribution in [-0.2, 0) is 4.79 Å². The van der Waals surface area contributed by atoms with Gasteiger partial charge in [0.1, 0.15) is 0 Å². The lowest BCUT2D eigenvalue weighted by Crippen LogP contribution is -2.49. The van der Waals surface area contributed by atoms with Gasteiger partial charge in [-0.1, -0.05) is 57.6 Å². The Balaban J connectivity index is 2.43. The number of allylic oxidation sites excluding steroid dienone is 4. The van der Waals surface area contributed by atoms with Gasteiger partial charge in [-0.15, -0.1) is 0 Å². The molecule has 2 aliphatic rings. The van der Waals surface area contributed by atoms with Crippen LogP contribution in [0.2, 0.25) is 0 Å². The van der Waals surface area contributed by atoms with Crippen molar-refractivity contribution < 1.29 is 9.90 Å². The molecule has 1 N–H and O–H groups in total. The lowest BCUT2D eigenvalue weighted by Gasteiger charge is -2.56. The second-order valence-corrected chi connectivity index (χ2v) is 8.04. The third-order valence-corrected chi connectivity index (χ3v) is 6.27. The Labute approximate surface area is 135 Å². The van der Waals surface area contributed by atoms with E-state index >= 15 is 0 Å². The Morgan fingerprint density at radius 3 is 2.68 bits per heavy atom. The van der Waals surface area contributed by atoms with Crippen molar-refractivity contribution in [1.82, 2.24) is 0 Å². The molecule has 0 spiro atoms. The average molecular weight is 302 g/mol. The fraction of sp³-hybridized carbons (Fsp3) is 0.650. The Kier molecular flexibility index (Phi) is 4.70. The van der Waals surface area contributed by atoms with Crippen molar-refractivity contribution in [3.05, 3.63) is 36.0 Å². The van der Waals surface area contributed by atoms with Crippen molar-refractivity contribution in [3.8, 4) is 0 Å². The molecule has 0 heterocycles. The van der Waals surface area contributed by atoms with Gasteiger partial charge in [-0.25, -0.2) is 4.79 Å². The minimum atomic E-state index is -0.738. The Hall–Kier alpha value is -1.31. The molecule has 0 aromatic carbocycles. The molecule has 2 heteroatoms. The maximum Gasteiger partial charge on any atom is 0.331 e. The van der Waals surface area contributed by atoms with E-state index in [1.54, 1.807) is 0 Å². The number of hydrogen-bond acceptors (Lipinski definition) is 1. The van der Waals surface area contributed by atoms with Gasteiger partial charge in [-0.3, -0.25) is 0 Å². The van der Waals surface area contributed by atoms with Crippen LogP contribution in [0.4, 0.5) is 0 Å². The summed E-state index contributed by atoms with van der Waals surface area (Å²) in [4.78, 5) is 11.7. The molecule has 0 radical (unpaired) electrons. The molecule has 0 unspecified atom stereocenters. The fourth-order valence-electron chi connectivity index (χ4n) is 4.93. The molecule has 0 aromatic rings. The summed E-state index contributed by atoms with van der Waals surface area (Å²) in [5.41, 5.74) is 2.14. The molecule has 22 heavy (non-hydrogen) atoms. The van der Waals surface area contributed by atoms with E-state index < -0.39 is 5.97 Å². The largest absolute Gasteiger partial charge is 0.478 e. The monoisotopic (exact) mass is 302 g/mol. The van der Waals surface area contributed by atoms with Gasteiger partial charge in [0.15, 0.2) is 0 Å². The normalized spacial score (nSPS) is 34.5. The van der Waals surface area contributed by atoms with Crippen LogP contribution < -0.4 is 0 Å². The molecule has 0 bridgehead atoms. The predicted octanol–water partition coefficient (Wildman–Crippen LogP) is 5.37. The zero-order valence-electron chi connectivity index (χ0n) is 14.5. The number of hydrogen-bond donors (Lipinski definition) is 1. The summed E-state index contributed by atoms with van der Waals surface area (Å²) in [7, 11) is 0. The zero-order valence-corrected chi connectivity index (χ0v) is 14.5. The van der Waals surface area contributed by atoms with E-state index in [0.717, 1.165) is 24.8 Å². The van der Waals surface area contributed by atoms with Crippen LogP contribution in [-0.4, -0.2) is 11.1 Å². The maximum atomic E-state index is 11.7. The SMILES string of the molecule is C=C/C(C)=C/C[C@H]1C(C(=O)O)=CC[C@@H]2C(C)(C)CCC[C@@]21C. The number of carboxylic acids is 1. The van der Waals surface area contributed by atoms with Gasteiger partial charge in [-0.05, 0) is 55.3 Å². The summed E-state index contributed by atoms with van der Waals surface area (Å²) in [5, 5.41) is 9.66. The summed E-state index contributed by atoms with van der Waals surface area (Å²) in [6.45, 7) is 12.9. The lowest BCUT2D eigenvalue weighted by atomic mass is 9.48. The minimum absolute atomic E-state index is 0.0855. The van der Waals surface area contributed by atoms with Crippen molar-refractivity contribution in [1.29, 1.82) is 0 Å². The van der Waals surface area contributed by atoms with E-state index in [4.69, 9.17) is 0 Å². The summed E-state index contributed by atoms with van der Waals surface area (Å²) >= 11 is 0. The summed E-state index contributed by atoms with van der Waals surface area (Å²) in [5.74, 6) is -0.0600. The van der Waals surface area contributed by atoms with Crippen molar-refractivity contribution in [3.63, 3.8) is 0 Å². The number of rotatable bonds is 4. The van der Waals surface area contributed by atoms with Crippen LogP contribution >= 0.6 is 0 Å². The standard InChI is InChI=1S/C20H30O2/c1-6-14(2)8-10-16-15(18(21)22)9-11-17-19(3,4)12-7-13-20(16,17)5/h6,8-9,16-17H,1,7,10-13H2,2-5H3,(H,21,22)/b14-8+/t16-,17+,20+/m0/s1. The van der Waals surface area contributed by atoms with E-state index in [1.807, 2.05) is 19.1 Å². The zero-order chi connectivity index (χ0) is 16.5. The van der Waals surface area contributed by atoms with Crippen molar-refractivity contribution in [2.45, 2.75) is 59.8 Å². The van der Waals surface area contributed by atoms with E-state index in [-0.39, 0.29) is 11.3 Å². The highest BCUT2D eigenvalue weighted by atomic mass is 16.4. The van der Waals surface area contributed by atoms with Gasteiger partial charge in [0.05, 0.1) is 0 Å². The van der Waals surface area contributed by atoms with E-state index in [2.05, 4.69) is 33.4 Å². The van der Waals surface area contributed by atoms with E-state index in [1.165, 1.54) is 12.8 Å². The quantitative estimate of drug-likeness (QED) is 0.709. The topological polar surface area (TPSA) is 37.3 Å². The van der Waals surface area contributed by atoms with Gasteiger partial charge < -0.3 is 5.11 Å². The minimum Gasteiger partial charge on any atom is -0.478 e. The number of carbonyl (C=O) groups is 1. The summed E-state index contributed by atoms with van der Waals surface area (Å²) in [6.07, 6.45) is 11.3. The van der Waals surface area contributed by atoms with Crippen molar-refractivity contribution in [2.75, 3.05) is 0 Å². The molecule has 0 aromatic heterocycles. The van der Waals surface area contributed by atoms with Crippen LogP contribution in [0.1, 0.15) is 59.8 Å². The van der Waals surface area contributed by atoms with Gasteiger partial charge in [0.2, 0.25) is 0 Å². The third kappa shape index (κ3) is 2.93. The summed E-state index contributed by atoms with van der Waals surface area (Å²) < 4.78 is 0. The van der Waals surface area contributed by atoms with E-state index in [9.17, 15) is 9.90 Å². The molecule has 1 fully saturated rings. The van der Waals surface area contributed by atoms with Crippen molar-refractivity contribution >= 4 is 5.97 Å². The Morgan fingerprint density at radius 2 is 2.09 bits per heavy atom. The van der Waals surface area contributed by atoms with Crippen molar-refractivity contribution in [2.24, 2.45) is 22.7 Å². The first-order chi connectivity index (χ1) is 10.2. The second-order valence-electron chi connectivity index (χ2n) is 8.04. The Bertz CT molecular complexity index is 524. The first-order valence-electron chi connectivity index (χ1n) is 8.45. The molecule has 3 atom stereocenters. The van der Waals surface area contributed by atoms with E-state index in [0.29, 0.717) is 16.9 Å². The lowest BCUT2D eigenvalue weighted by molar-refractivity contribution is -0.135. The molecule has 0 amide bonds. The highest BCUT2D eigenvalue weighted by Crippen LogP contribution is 2.60. The molecule has 0 saturated heterocycles. The maximum absolute atomic E-state index is 11.7. The molecule has 1 saturated carbocycles. The summed E-state index contributed by atoms with van der Waals surface area (Å²) in [6, 6.07) is 0. The van der Waals surface area contributed by atoms with Gasteiger partial charge in [-0.2, -0.15) is 0 Å². The third-order valence-electron chi connectivity index (χ3n) is 6.27. The fourth-order valence-corrected chi connectivity index (χ4v) is 4.93. The first-order valence-corrected chi connectivity index (χ1v) is 8.45. The molecular weight excluding hydrogens is 272 g/mol. The first kappa shape index (κ1) is 17.1. The molecule has 0 aliphatic heterocycles. The van der Waals surface area contributed by atoms with Crippen LogP contribution in [0.15, 0.2) is 36.0 Å². The van der Waals surface area contributed by atoms with Gasteiger partial charge in [0.25, 0.3) is 0 Å². The van der Waals surface area contributed by atoms with Crippen LogP contribution in [0, 0.1) is 22.7 Å². The van der Waals surface area contributed by atoms with Gasteiger partial charge in [0, 0.05) is 5.57 Å². The predicted molar refractivity (Wildman–Crippen MR) is 91.6 cm³/mol. The number of fused-ring (bicyclic) bond motifs is 1. The molecule has 2 rings (SSSR count). The molecule has 2 aliphatic carbocycles. The smallest absolute Gasteiger partial charge is 0.331 e. The van der Waals surface area contributed by atoms with Crippen LogP contribution in [0.3, 0.4) is 0 Å². The van der Waals surface area contributed by atoms with Crippen LogP contribution in [0.25, 0.3) is 0 Å². The number of aliphatic carboxylic acids is 1.